The molecule has 6 heteroatoms. The number of hydrogen-bond acceptors (Lipinski definition) is 6. The Hall–Kier alpha value is -1.17. The van der Waals surface area contributed by atoms with Gasteiger partial charge >= 0.3 is 0 Å². The minimum Gasteiger partial charge on any atom is -0.476 e. The predicted molar refractivity (Wildman–Crippen MR) is 80.8 cm³/mol. The van der Waals surface area contributed by atoms with Crippen LogP contribution in [0.4, 0.5) is 11.5 Å². The third-order valence-corrected chi connectivity index (χ3v) is 4.49. The first kappa shape index (κ1) is 14.2. The second kappa shape index (κ2) is 6.84. The van der Waals surface area contributed by atoms with Crippen LogP contribution in [0.15, 0.2) is 6.33 Å². The van der Waals surface area contributed by atoms with Gasteiger partial charge in [0.15, 0.2) is 5.82 Å². The van der Waals surface area contributed by atoms with E-state index in [1.165, 1.54) is 31.3 Å². The zero-order valence-electron chi connectivity index (χ0n) is 11.6. The Balaban J connectivity index is 1.98. The molecular weight excluding hydrogens is 260 g/mol. The van der Waals surface area contributed by atoms with Crippen molar-refractivity contribution in [2.24, 2.45) is 0 Å². The third-order valence-electron chi connectivity index (χ3n) is 3.26. The number of thioether (sulfide) groups is 1. The molecule has 2 rings (SSSR count). The zero-order valence-corrected chi connectivity index (χ0v) is 12.4. The van der Waals surface area contributed by atoms with Crippen molar-refractivity contribution < 1.29 is 4.74 Å². The van der Waals surface area contributed by atoms with Gasteiger partial charge in [-0.15, -0.1) is 0 Å². The van der Waals surface area contributed by atoms with Crippen molar-refractivity contribution in [1.29, 1.82) is 0 Å². The molecule has 0 bridgehead atoms. The van der Waals surface area contributed by atoms with Crippen LogP contribution in [0, 0.1) is 0 Å². The van der Waals surface area contributed by atoms with Gasteiger partial charge in [-0.3, -0.25) is 0 Å². The summed E-state index contributed by atoms with van der Waals surface area (Å²) in [7, 11) is 0. The number of aromatic nitrogens is 2. The van der Waals surface area contributed by atoms with Crippen LogP contribution >= 0.6 is 11.8 Å². The zero-order chi connectivity index (χ0) is 13.7. The largest absolute Gasteiger partial charge is 0.476 e. The molecule has 19 heavy (non-hydrogen) atoms. The fourth-order valence-electron chi connectivity index (χ4n) is 2.40. The van der Waals surface area contributed by atoms with Crippen LogP contribution < -0.4 is 15.8 Å². The molecule has 1 heterocycles. The lowest BCUT2D eigenvalue weighted by atomic mass is 10.2. The van der Waals surface area contributed by atoms with E-state index in [1.807, 2.05) is 18.7 Å². The van der Waals surface area contributed by atoms with Gasteiger partial charge in [0, 0.05) is 11.3 Å². The van der Waals surface area contributed by atoms with E-state index in [1.54, 1.807) is 0 Å². The highest BCUT2D eigenvalue weighted by atomic mass is 32.2. The van der Waals surface area contributed by atoms with Gasteiger partial charge in [-0.25, -0.2) is 4.98 Å². The molecule has 0 amide bonds. The molecular formula is C13H22N4OS. The minimum absolute atomic E-state index is 0.454. The monoisotopic (exact) mass is 282 g/mol. The second-order valence-corrected chi connectivity index (χ2v) is 6.18. The average molecular weight is 282 g/mol. The Morgan fingerprint density at radius 3 is 3.00 bits per heavy atom. The van der Waals surface area contributed by atoms with Crippen LogP contribution in [0.2, 0.25) is 0 Å². The van der Waals surface area contributed by atoms with Crippen LogP contribution in [0.1, 0.15) is 33.1 Å². The number of nitrogens with zero attached hydrogens (tertiary/aromatic N) is 2. The summed E-state index contributed by atoms with van der Waals surface area (Å²) in [4.78, 5) is 8.27. The van der Waals surface area contributed by atoms with Crippen molar-refractivity contribution in [3.63, 3.8) is 0 Å². The number of rotatable bonds is 6. The van der Waals surface area contributed by atoms with Crippen molar-refractivity contribution in [3.8, 4) is 5.88 Å². The SMILES string of the molecule is CCOc1ncnc(NC2CCC(SCC)C2)c1N. The molecule has 0 spiro atoms. The number of anilines is 2. The van der Waals surface area contributed by atoms with Crippen LogP contribution in [-0.2, 0) is 0 Å². The molecule has 1 aromatic rings. The maximum Gasteiger partial charge on any atom is 0.242 e. The molecule has 0 aromatic carbocycles. The molecule has 3 N–H and O–H groups in total. The Morgan fingerprint density at radius 2 is 2.26 bits per heavy atom. The summed E-state index contributed by atoms with van der Waals surface area (Å²) in [5.74, 6) is 2.35. The molecule has 1 aliphatic carbocycles. The van der Waals surface area contributed by atoms with E-state index >= 15 is 0 Å². The van der Waals surface area contributed by atoms with Crippen LogP contribution in [0.3, 0.4) is 0 Å². The van der Waals surface area contributed by atoms with E-state index in [0.29, 0.717) is 30.0 Å². The lowest BCUT2D eigenvalue weighted by Crippen LogP contribution is -2.18. The Kier molecular flexibility index (Phi) is 5.13. The first-order chi connectivity index (χ1) is 9.24. The van der Waals surface area contributed by atoms with Gasteiger partial charge in [-0.05, 0) is 31.9 Å². The summed E-state index contributed by atoms with van der Waals surface area (Å²) in [6.07, 6.45) is 5.10. The van der Waals surface area contributed by atoms with Crippen molar-refractivity contribution in [1.82, 2.24) is 9.97 Å². The van der Waals surface area contributed by atoms with E-state index in [-0.39, 0.29) is 0 Å². The summed E-state index contributed by atoms with van der Waals surface area (Å²) < 4.78 is 5.38. The first-order valence-electron chi connectivity index (χ1n) is 6.86. The summed E-state index contributed by atoms with van der Waals surface area (Å²) in [6.45, 7) is 4.68. The minimum atomic E-state index is 0.454. The standard InChI is InChI=1S/C13H22N4OS/c1-3-18-13-11(14)12(15-8-16-13)17-9-5-6-10(7-9)19-4-2/h8-10H,3-7,14H2,1-2H3,(H,15,16,17). The van der Waals surface area contributed by atoms with Crippen molar-refractivity contribution >= 4 is 23.3 Å². The topological polar surface area (TPSA) is 73.1 Å². The highest BCUT2D eigenvalue weighted by Gasteiger charge is 2.25. The molecule has 0 saturated heterocycles. The Labute approximate surface area is 118 Å². The molecule has 0 aliphatic heterocycles. The third kappa shape index (κ3) is 3.65. The molecule has 1 aromatic heterocycles. The molecule has 106 valence electrons. The second-order valence-electron chi connectivity index (χ2n) is 4.61. The first-order valence-corrected chi connectivity index (χ1v) is 7.90. The van der Waals surface area contributed by atoms with Gasteiger partial charge in [0.25, 0.3) is 0 Å². The maximum atomic E-state index is 6.02. The molecule has 1 fully saturated rings. The normalized spacial score (nSPS) is 22.4. The van der Waals surface area contributed by atoms with Gasteiger partial charge < -0.3 is 15.8 Å². The van der Waals surface area contributed by atoms with Crippen molar-refractivity contribution in [2.45, 2.75) is 44.4 Å². The number of hydrogen-bond donors (Lipinski definition) is 2. The summed E-state index contributed by atoms with van der Waals surface area (Å²) >= 11 is 2.04. The number of ether oxygens (including phenoxy) is 1. The Morgan fingerprint density at radius 1 is 1.42 bits per heavy atom. The van der Waals surface area contributed by atoms with Gasteiger partial charge in [0.2, 0.25) is 5.88 Å². The van der Waals surface area contributed by atoms with Gasteiger partial charge in [-0.2, -0.15) is 16.7 Å². The van der Waals surface area contributed by atoms with Crippen LogP contribution in [-0.4, -0.2) is 33.6 Å². The number of nitrogen functional groups attached to an aromatic ring is 1. The molecule has 2 unspecified atom stereocenters. The average Bonchev–Trinajstić information content (AvgIpc) is 2.83. The van der Waals surface area contributed by atoms with Crippen molar-refractivity contribution in [3.05, 3.63) is 6.33 Å². The lowest BCUT2D eigenvalue weighted by Gasteiger charge is -2.16. The summed E-state index contributed by atoms with van der Waals surface area (Å²) in [6, 6.07) is 0.454. The molecule has 0 radical (unpaired) electrons. The fraction of sp³-hybridized carbons (Fsp3) is 0.692. The van der Waals surface area contributed by atoms with Crippen molar-refractivity contribution in [2.75, 3.05) is 23.4 Å². The van der Waals surface area contributed by atoms with Gasteiger partial charge in [0.1, 0.15) is 12.0 Å². The Bertz CT molecular complexity index is 416. The quantitative estimate of drug-likeness (QED) is 0.835. The predicted octanol–water partition coefficient (Wildman–Crippen LogP) is 2.54. The van der Waals surface area contributed by atoms with E-state index in [2.05, 4.69) is 22.2 Å². The summed E-state index contributed by atoms with van der Waals surface area (Å²) in [5, 5.41) is 4.19. The highest BCUT2D eigenvalue weighted by molar-refractivity contribution is 7.99. The summed E-state index contributed by atoms with van der Waals surface area (Å²) in [5.41, 5.74) is 6.53. The van der Waals surface area contributed by atoms with E-state index in [0.717, 1.165) is 5.25 Å². The van der Waals surface area contributed by atoms with E-state index < -0.39 is 0 Å². The smallest absolute Gasteiger partial charge is 0.242 e. The van der Waals surface area contributed by atoms with Gasteiger partial charge in [0.05, 0.1) is 6.61 Å². The number of nitrogens with two attached hydrogens (primary N) is 1. The maximum absolute atomic E-state index is 6.02. The fourth-order valence-corrected chi connectivity index (χ4v) is 3.54. The molecule has 1 saturated carbocycles. The van der Waals surface area contributed by atoms with E-state index in [4.69, 9.17) is 10.5 Å². The molecule has 1 aliphatic rings. The highest BCUT2D eigenvalue weighted by Crippen LogP contribution is 2.33. The molecule has 2 atom stereocenters. The van der Waals surface area contributed by atoms with Crippen LogP contribution in [0.5, 0.6) is 5.88 Å². The lowest BCUT2D eigenvalue weighted by molar-refractivity contribution is 0.328. The number of nitrogens with one attached hydrogen (secondary N) is 1. The van der Waals surface area contributed by atoms with Crippen LogP contribution in [0.25, 0.3) is 0 Å². The molecule has 5 nitrogen and oxygen atoms in total. The van der Waals surface area contributed by atoms with E-state index in [9.17, 15) is 0 Å². The van der Waals surface area contributed by atoms with Gasteiger partial charge in [-0.1, -0.05) is 6.92 Å².